The van der Waals surface area contributed by atoms with Crippen molar-refractivity contribution in [3.05, 3.63) is 65.0 Å². The largest absolute Gasteiger partial charge is 0.458 e. The highest BCUT2D eigenvalue weighted by molar-refractivity contribution is 5.96. The maximum absolute atomic E-state index is 14.1. The van der Waals surface area contributed by atoms with Gasteiger partial charge in [0.2, 0.25) is 5.91 Å². The summed E-state index contributed by atoms with van der Waals surface area (Å²) in [6, 6.07) is 12.1. The fourth-order valence-electron chi connectivity index (χ4n) is 7.44. The standard InChI is InChI=1S/C43H60N4O7/c1-40(2,3)30-24-32(29-18-20-42(7,8)21-19-29)44-33-25-34(53-36(30)33)37(49)47-23-22-46(27-43(47,9)10)35(48)17-16-31(38(50)54-41(4,5)6)45-39(51)52-26-28-14-12-11-13-15-28/h11-15,24-25,29,31H,16-23,26-27H2,1-10H3,(H,45,51)/t31-/m0/s1. The van der Waals surface area contributed by atoms with E-state index in [9.17, 15) is 19.2 Å². The lowest BCUT2D eigenvalue weighted by Crippen LogP contribution is -2.62. The van der Waals surface area contributed by atoms with E-state index in [1.54, 1.807) is 36.6 Å². The van der Waals surface area contributed by atoms with E-state index in [2.05, 4.69) is 46.0 Å². The Morgan fingerprint density at radius 3 is 2.24 bits per heavy atom. The van der Waals surface area contributed by atoms with Gasteiger partial charge in [-0.25, -0.2) is 14.6 Å². The van der Waals surface area contributed by atoms with Crippen LogP contribution in [0.25, 0.3) is 11.1 Å². The van der Waals surface area contributed by atoms with Gasteiger partial charge in [-0.3, -0.25) is 9.59 Å². The average molecular weight is 745 g/mol. The van der Waals surface area contributed by atoms with Crippen LogP contribution in [0.2, 0.25) is 0 Å². The van der Waals surface area contributed by atoms with Gasteiger partial charge in [0.25, 0.3) is 5.91 Å². The van der Waals surface area contributed by atoms with Crippen LogP contribution in [0.1, 0.15) is 141 Å². The van der Waals surface area contributed by atoms with Gasteiger partial charge in [-0.15, -0.1) is 0 Å². The molecule has 1 saturated carbocycles. The highest BCUT2D eigenvalue weighted by Crippen LogP contribution is 2.43. The van der Waals surface area contributed by atoms with Gasteiger partial charge >= 0.3 is 12.1 Å². The van der Waals surface area contributed by atoms with Crippen molar-refractivity contribution < 1.29 is 33.1 Å². The van der Waals surface area contributed by atoms with Crippen molar-refractivity contribution in [2.75, 3.05) is 19.6 Å². The first-order chi connectivity index (χ1) is 25.1. The molecule has 0 bridgehead atoms. The number of carbonyl (C=O) groups is 4. The minimum Gasteiger partial charge on any atom is -0.458 e. The molecular weight excluding hydrogens is 684 g/mol. The number of ether oxygens (including phenoxy) is 2. The summed E-state index contributed by atoms with van der Waals surface area (Å²) in [6.45, 7) is 21.2. The summed E-state index contributed by atoms with van der Waals surface area (Å²) in [5, 5.41) is 2.60. The molecule has 1 N–H and O–H groups in total. The first-order valence-corrected chi connectivity index (χ1v) is 19.4. The molecule has 2 aliphatic rings. The maximum Gasteiger partial charge on any atom is 0.408 e. The molecule has 5 rings (SSSR count). The molecule has 1 saturated heterocycles. The zero-order valence-electron chi connectivity index (χ0n) is 34.0. The van der Waals surface area contributed by atoms with Crippen LogP contribution in [0.15, 0.2) is 46.9 Å². The number of nitrogens with zero attached hydrogens (tertiary/aromatic N) is 3. The van der Waals surface area contributed by atoms with Gasteiger partial charge in [0.1, 0.15) is 23.8 Å². The summed E-state index contributed by atoms with van der Waals surface area (Å²) < 4.78 is 17.3. The summed E-state index contributed by atoms with van der Waals surface area (Å²) in [6.07, 6.45) is 3.73. The van der Waals surface area contributed by atoms with Crippen molar-refractivity contribution in [1.82, 2.24) is 20.1 Å². The number of pyridine rings is 1. The third-order valence-corrected chi connectivity index (χ3v) is 10.6. The number of furan rings is 1. The summed E-state index contributed by atoms with van der Waals surface area (Å²) in [5.74, 6) is -0.458. The van der Waals surface area contributed by atoms with E-state index in [-0.39, 0.29) is 49.0 Å². The summed E-state index contributed by atoms with van der Waals surface area (Å²) >= 11 is 0. The second kappa shape index (κ2) is 15.7. The van der Waals surface area contributed by atoms with E-state index in [1.165, 1.54) is 0 Å². The van der Waals surface area contributed by atoms with E-state index in [0.29, 0.717) is 35.5 Å². The van der Waals surface area contributed by atoms with E-state index in [1.807, 2.05) is 44.2 Å². The molecule has 2 aromatic heterocycles. The summed E-state index contributed by atoms with van der Waals surface area (Å²) in [4.78, 5) is 62.1. The number of hydrogen-bond acceptors (Lipinski definition) is 8. The molecular formula is C43H60N4O7. The smallest absolute Gasteiger partial charge is 0.408 e. The Morgan fingerprint density at radius 1 is 0.963 bits per heavy atom. The lowest BCUT2D eigenvalue weighted by atomic mass is 9.72. The van der Waals surface area contributed by atoms with Crippen molar-refractivity contribution in [1.29, 1.82) is 0 Å². The number of fused-ring (bicyclic) bond motifs is 1. The van der Waals surface area contributed by atoms with Crippen LogP contribution >= 0.6 is 0 Å². The molecule has 1 atom stereocenters. The van der Waals surface area contributed by atoms with Crippen molar-refractivity contribution in [2.45, 2.75) is 143 Å². The number of piperazine rings is 1. The Kier molecular flexibility index (Phi) is 11.9. The Labute approximate surface area is 320 Å². The van der Waals surface area contributed by atoms with Gasteiger partial charge in [-0.05, 0) is 89.2 Å². The Balaban J connectivity index is 1.25. The summed E-state index contributed by atoms with van der Waals surface area (Å²) in [5.41, 5.74) is 2.90. The fourth-order valence-corrected chi connectivity index (χ4v) is 7.44. The minimum absolute atomic E-state index is 0.0153. The molecule has 11 heteroatoms. The van der Waals surface area contributed by atoms with E-state index >= 15 is 0 Å². The first-order valence-electron chi connectivity index (χ1n) is 19.4. The van der Waals surface area contributed by atoms with Gasteiger partial charge < -0.3 is 29.0 Å². The number of alkyl carbamates (subject to hydrolysis) is 1. The molecule has 3 heterocycles. The molecule has 3 aromatic rings. The average Bonchev–Trinajstić information content (AvgIpc) is 3.51. The highest BCUT2D eigenvalue weighted by Gasteiger charge is 2.40. The first kappa shape index (κ1) is 40.8. The molecule has 0 unspecified atom stereocenters. The van der Waals surface area contributed by atoms with Crippen LogP contribution in [0.4, 0.5) is 4.79 Å². The second-order valence-corrected chi connectivity index (χ2v) is 18.5. The summed E-state index contributed by atoms with van der Waals surface area (Å²) in [7, 11) is 0. The molecule has 0 spiro atoms. The van der Waals surface area contributed by atoms with Crippen molar-refractivity contribution >= 4 is 35.0 Å². The third-order valence-electron chi connectivity index (χ3n) is 10.6. The lowest BCUT2D eigenvalue weighted by Gasteiger charge is -2.46. The normalized spacial score (nSPS) is 18.3. The van der Waals surface area contributed by atoms with Gasteiger partial charge in [0.15, 0.2) is 11.3 Å². The van der Waals surface area contributed by atoms with Crippen LogP contribution in [0.5, 0.6) is 0 Å². The Morgan fingerprint density at radius 2 is 1.63 bits per heavy atom. The number of aromatic nitrogens is 1. The van der Waals surface area contributed by atoms with Gasteiger partial charge in [0.05, 0.1) is 5.54 Å². The predicted molar refractivity (Wildman–Crippen MR) is 208 cm³/mol. The molecule has 0 radical (unpaired) electrons. The fraction of sp³-hybridized carbons (Fsp3) is 0.605. The van der Waals surface area contributed by atoms with Gasteiger partial charge in [-0.1, -0.05) is 65.0 Å². The van der Waals surface area contributed by atoms with Crippen LogP contribution in [0.3, 0.4) is 0 Å². The van der Waals surface area contributed by atoms with Crippen molar-refractivity contribution in [2.24, 2.45) is 5.41 Å². The molecule has 11 nitrogen and oxygen atoms in total. The number of nitrogens with one attached hydrogen (secondary N) is 1. The van der Waals surface area contributed by atoms with Crippen LogP contribution in [0, 0.1) is 5.41 Å². The SMILES string of the molecule is CC1(C)CCC(c2cc(C(C)(C)C)c3oc(C(=O)N4CCN(C(=O)CC[C@H](NC(=O)OCc5ccccc5)C(=O)OC(C)(C)C)CC4(C)C)cc3n2)CC1. The number of benzene rings is 1. The maximum atomic E-state index is 14.1. The molecule has 294 valence electrons. The van der Waals surface area contributed by atoms with Crippen LogP contribution in [-0.2, 0) is 31.1 Å². The lowest BCUT2D eigenvalue weighted by molar-refractivity contribution is -0.157. The highest BCUT2D eigenvalue weighted by atomic mass is 16.6. The topological polar surface area (TPSA) is 131 Å². The number of hydrogen-bond donors (Lipinski definition) is 1. The van der Waals surface area contributed by atoms with Crippen molar-refractivity contribution in [3.63, 3.8) is 0 Å². The number of amides is 3. The predicted octanol–water partition coefficient (Wildman–Crippen LogP) is 8.29. The molecule has 2 fully saturated rings. The number of rotatable bonds is 9. The Hall–Kier alpha value is -4.41. The third kappa shape index (κ3) is 10.2. The van der Waals surface area contributed by atoms with E-state index < -0.39 is 29.2 Å². The Bertz CT molecular complexity index is 1820. The van der Waals surface area contributed by atoms with Gasteiger partial charge in [-0.2, -0.15) is 0 Å². The van der Waals surface area contributed by atoms with Gasteiger partial charge in [0, 0.05) is 49.3 Å². The quantitative estimate of drug-likeness (QED) is 0.217. The minimum atomic E-state index is -1.09. The monoisotopic (exact) mass is 744 g/mol. The van der Waals surface area contributed by atoms with Crippen LogP contribution in [-0.4, -0.2) is 75.5 Å². The molecule has 3 amide bonds. The van der Waals surface area contributed by atoms with Crippen LogP contribution < -0.4 is 5.32 Å². The molecule has 1 aliphatic carbocycles. The second-order valence-electron chi connectivity index (χ2n) is 18.5. The van der Waals surface area contributed by atoms with Crippen molar-refractivity contribution in [3.8, 4) is 0 Å². The van der Waals surface area contributed by atoms with E-state index in [0.717, 1.165) is 42.5 Å². The zero-order valence-corrected chi connectivity index (χ0v) is 34.0. The number of esters is 1. The van der Waals surface area contributed by atoms with E-state index in [4.69, 9.17) is 18.9 Å². The zero-order chi connectivity index (χ0) is 39.6. The molecule has 54 heavy (non-hydrogen) atoms. The number of carbonyl (C=O) groups excluding carboxylic acids is 4. The molecule has 1 aromatic carbocycles. The molecule has 1 aliphatic heterocycles.